The first-order valence-electron chi connectivity index (χ1n) is 6.39. The molecule has 0 saturated heterocycles. The Morgan fingerprint density at radius 1 is 1.26 bits per heavy atom. The van der Waals surface area contributed by atoms with Crippen LogP contribution >= 0.6 is 0 Å². The summed E-state index contributed by atoms with van der Waals surface area (Å²) >= 11 is 0. The second-order valence-electron chi connectivity index (χ2n) is 5.15. The van der Waals surface area contributed by atoms with E-state index in [1.807, 2.05) is 0 Å². The van der Waals surface area contributed by atoms with E-state index in [-0.39, 0.29) is 5.52 Å². The zero-order chi connectivity index (χ0) is 14.0. The zero-order valence-corrected chi connectivity index (χ0v) is 11.0. The van der Waals surface area contributed by atoms with Crippen LogP contribution < -0.4 is 0 Å². The number of halogens is 3. The third-order valence-electron chi connectivity index (χ3n) is 3.37. The van der Waals surface area contributed by atoms with Crippen molar-refractivity contribution in [3.63, 3.8) is 0 Å². The molecule has 3 rings (SSSR count). The number of nitrogens with one attached hydrogen (secondary N) is 1. The minimum absolute atomic E-state index is 0.0249. The molecule has 2 aromatic rings. The summed E-state index contributed by atoms with van der Waals surface area (Å²) in [6.07, 6.45) is 1.37. The van der Waals surface area contributed by atoms with Gasteiger partial charge in [0.1, 0.15) is 5.52 Å². The smallest absolute Gasteiger partial charge is 0.345 e. The minimum atomic E-state index is -4.35. The predicted molar refractivity (Wildman–Crippen MR) is 68.8 cm³/mol. The number of hydrogen-bond donors (Lipinski definition) is 1. The van der Waals surface area contributed by atoms with Crippen molar-refractivity contribution in [2.45, 2.75) is 39.3 Å². The molecule has 1 aliphatic carbocycles. The summed E-state index contributed by atoms with van der Waals surface area (Å²) in [5.74, 6) is 1.06. The molecule has 2 nitrogen and oxygen atoms in total. The van der Waals surface area contributed by atoms with Crippen LogP contribution in [-0.4, -0.2) is 9.97 Å². The molecule has 1 fully saturated rings. The van der Waals surface area contributed by atoms with E-state index in [1.54, 1.807) is 13.0 Å². The van der Waals surface area contributed by atoms with Crippen molar-refractivity contribution in [1.82, 2.24) is 9.97 Å². The number of rotatable bonds is 0. The van der Waals surface area contributed by atoms with Gasteiger partial charge in [-0.2, -0.15) is 13.2 Å². The molecule has 1 aromatic carbocycles. The number of imidazole rings is 1. The van der Waals surface area contributed by atoms with Crippen molar-refractivity contribution in [2.24, 2.45) is 5.92 Å². The van der Waals surface area contributed by atoms with E-state index < -0.39 is 11.7 Å². The van der Waals surface area contributed by atoms with Crippen LogP contribution in [0.2, 0.25) is 0 Å². The van der Waals surface area contributed by atoms with Gasteiger partial charge >= 0.3 is 6.18 Å². The minimum Gasteiger partial charge on any atom is -0.345 e. The fraction of sp³-hybridized carbons (Fsp3) is 0.500. The number of hydrogen-bond acceptors (Lipinski definition) is 1. The van der Waals surface area contributed by atoms with Crippen molar-refractivity contribution in [3.8, 4) is 0 Å². The Labute approximate surface area is 110 Å². The van der Waals surface area contributed by atoms with E-state index >= 15 is 0 Å². The van der Waals surface area contributed by atoms with Crippen LogP contribution in [0.5, 0.6) is 0 Å². The summed E-state index contributed by atoms with van der Waals surface area (Å²) in [5.41, 5.74) is 0.267. The topological polar surface area (TPSA) is 28.7 Å². The van der Waals surface area contributed by atoms with Crippen LogP contribution in [0, 0.1) is 12.8 Å². The van der Waals surface area contributed by atoms with E-state index in [1.165, 1.54) is 25.6 Å². The van der Waals surface area contributed by atoms with Crippen molar-refractivity contribution in [2.75, 3.05) is 0 Å². The summed E-state index contributed by atoms with van der Waals surface area (Å²) in [6.45, 7) is 3.93. The number of aromatic nitrogens is 2. The zero-order valence-electron chi connectivity index (χ0n) is 11.0. The number of alkyl halides is 3. The van der Waals surface area contributed by atoms with Crippen LogP contribution in [-0.2, 0) is 6.18 Å². The summed E-state index contributed by atoms with van der Waals surface area (Å²) < 4.78 is 37.6. The van der Waals surface area contributed by atoms with E-state index in [2.05, 4.69) is 16.9 Å². The molecule has 104 valence electrons. The van der Waals surface area contributed by atoms with Gasteiger partial charge in [0.05, 0.1) is 17.4 Å². The van der Waals surface area contributed by atoms with Crippen LogP contribution in [0.4, 0.5) is 13.2 Å². The van der Waals surface area contributed by atoms with Gasteiger partial charge in [-0.1, -0.05) is 26.2 Å². The molecule has 5 heteroatoms. The Morgan fingerprint density at radius 2 is 1.89 bits per heavy atom. The molecule has 19 heavy (non-hydrogen) atoms. The second kappa shape index (κ2) is 5.23. The highest BCUT2D eigenvalue weighted by Crippen LogP contribution is 2.34. The molecule has 1 saturated carbocycles. The molecule has 0 spiro atoms. The van der Waals surface area contributed by atoms with E-state index in [4.69, 9.17) is 0 Å². The standard InChI is InChI=1S/C9H7F3N2.C5H10/c1-5-2-6(9(10,11)12)8-7(3-5)13-4-14-8;1-5-3-2-4-5/h2-4H,1H3,(H,13,14);5H,2-4H2,1H3. The summed E-state index contributed by atoms with van der Waals surface area (Å²) in [4.78, 5) is 6.31. The van der Waals surface area contributed by atoms with Crippen molar-refractivity contribution >= 4 is 11.0 Å². The highest BCUT2D eigenvalue weighted by atomic mass is 19.4. The van der Waals surface area contributed by atoms with Crippen molar-refractivity contribution in [1.29, 1.82) is 0 Å². The fourth-order valence-electron chi connectivity index (χ4n) is 2.02. The van der Waals surface area contributed by atoms with Crippen LogP contribution in [0.25, 0.3) is 11.0 Å². The summed E-state index contributed by atoms with van der Waals surface area (Å²) in [7, 11) is 0. The van der Waals surface area contributed by atoms with Gasteiger partial charge in [-0.15, -0.1) is 0 Å². The predicted octanol–water partition coefficient (Wildman–Crippen LogP) is 4.70. The number of aromatic amines is 1. The van der Waals surface area contributed by atoms with Gasteiger partial charge in [0.2, 0.25) is 0 Å². The molecular weight excluding hydrogens is 253 g/mol. The first-order chi connectivity index (χ1) is 8.88. The Kier molecular flexibility index (Phi) is 3.83. The van der Waals surface area contributed by atoms with Crippen molar-refractivity contribution in [3.05, 3.63) is 29.6 Å². The molecule has 0 radical (unpaired) electrons. The molecule has 0 unspecified atom stereocenters. The lowest BCUT2D eigenvalue weighted by Crippen LogP contribution is -2.06. The molecule has 1 heterocycles. The largest absolute Gasteiger partial charge is 0.418 e. The van der Waals surface area contributed by atoms with Gasteiger partial charge < -0.3 is 4.98 Å². The van der Waals surface area contributed by atoms with Gasteiger partial charge in [0.15, 0.2) is 0 Å². The van der Waals surface area contributed by atoms with E-state index in [0.717, 1.165) is 12.0 Å². The molecule has 0 atom stereocenters. The Balaban J connectivity index is 0.000000224. The van der Waals surface area contributed by atoms with Crippen molar-refractivity contribution < 1.29 is 13.2 Å². The maximum absolute atomic E-state index is 12.5. The van der Waals surface area contributed by atoms with Gasteiger partial charge in [-0.25, -0.2) is 4.98 Å². The first kappa shape index (κ1) is 13.9. The lowest BCUT2D eigenvalue weighted by molar-refractivity contribution is -0.136. The number of fused-ring (bicyclic) bond motifs is 1. The molecule has 1 aromatic heterocycles. The van der Waals surface area contributed by atoms with E-state index in [9.17, 15) is 13.2 Å². The first-order valence-corrected chi connectivity index (χ1v) is 6.39. The number of aryl methyl sites for hydroxylation is 1. The second-order valence-corrected chi connectivity index (χ2v) is 5.15. The molecular formula is C14H17F3N2. The third kappa shape index (κ3) is 3.28. The highest BCUT2D eigenvalue weighted by Gasteiger charge is 2.33. The highest BCUT2D eigenvalue weighted by molar-refractivity contribution is 5.79. The van der Waals surface area contributed by atoms with Gasteiger partial charge in [-0.3, -0.25) is 0 Å². The van der Waals surface area contributed by atoms with Crippen LogP contribution in [0.3, 0.4) is 0 Å². The van der Waals surface area contributed by atoms with Gasteiger partial charge in [-0.05, 0) is 30.5 Å². The molecule has 1 N–H and O–H groups in total. The number of nitrogens with zero attached hydrogens (tertiary/aromatic N) is 1. The maximum Gasteiger partial charge on any atom is 0.418 e. The summed E-state index contributed by atoms with van der Waals surface area (Å²) in [6, 6.07) is 2.74. The lowest BCUT2D eigenvalue weighted by Gasteiger charge is -2.18. The average Bonchev–Trinajstić information content (AvgIpc) is 2.72. The monoisotopic (exact) mass is 270 g/mol. The maximum atomic E-state index is 12.5. The van der Waals surface area contributed by atoms with Gasteiger partial charge in [0, 0.05) is 0 Å². The fourth-order valence-corrected chi connectivity index (χ4v) is 2.02. The Morgan fingerprint density at radius 3 is 2.37 bits per heavy atom. The molecule has 0 amide bonds. The van der Waals surface area contributed by atoms with E-state index in [0.29, 0.717) is 11.1 Å². The van der Waals surface area contributed by atoms with Crippen LogP contribution in [0.1, 0.15) is 37.3 Å². The Hall–Kier alpha value is -1.52. The molecule has 0 bridgehead atoms. The quantitative estimate of drug-likeness (QED) is 0.738. The summed E-state index contributed by atoms with van der Waals surface area (Å²) in [5, 5.41) is 0. The third-order valence-corrected chi connectivity index (χ3v) is 3.37. The number of H-pyrrole nitrogens is 1. The molecule has 1 aliphatic rings. The molecule has 0 aliphatic heterocycles. The lowest BCUT2D eigenvalue weighted by atomic mass is 9.88. The normalized spacial score (nSPS) is 15.8. The average molecular weight is 270 g/mol. The number of benzene rings is 1. The van der Waals surface area contributed by atoms with Gasteiger partial charge in [0.25, 0.3) is 0 Å². The van der Waals surface area contributed by atoms with Crippen LogP contribution in [0.15, 0.2) is 18.5 Å². The Bertz CT molecular complexity index is 553. The SMILES string of the molecule is CC1CCC1.Cc1cc(C(F)(F)F)c2nc[nH]c2c1.